The van der Waals surface area contributed by atoms with Crippen LogP contribution < -0.4 is 0 Å². The van der Waals surface area contributed by atoms with E-state index < -0.39 is 5.79 Å². The molecular weight excluding hydrogens is 208 g/mol. The first kappa shape index (κ1) is 11.0. The fourth-order valence-electron chi connectivity index (χ4n) is 0.744. The lowest BCUT2D eigenvalue weighted by Crippen LogP contribution is -2.31. The van der Waals surface area contributed by atoms with Gasteiger partial charge in [0, 0.05) is 19.2 Å². The molecule has 66 valence electrons. The third-order valence-electron chi connectivity index (χ3n) is 1.07. The molecule has 0 heterocycles. The Kier molecular flexibility index (Phi) is 4.77. The Bertz CT molecular complexity index is 123. The number of alkyl halides is 1. The summed E-state index contributed by atoms with van der Waals surface area (Å²) in [6.45, 7) is 9.15. The Morgan fingerprint density at radius 2 is 2.18 bits per heavy atom. The molecule has 0 N–H and O–H groups in total. The lowest BCUT2D eigenvalue weighted by molar-refractivity contribution is -0.200. The van der Waals surface area contributed by atoms with E-state index in [4.69, 9.17) is 9.47 Å². The maximum Gasteiger partial charge on any atom is 0.204 e. The van der Waals surface area contributed by atoms with Crippen LogP contribution in [0.1, 0.15) is 20.8 Å². The third kappa shape index (κ3) is 5.27. The average Bonchev–Trinajstić information content (AvgIpc) is 1.86. The van der Waals surface area contributed by atoms with Gasteiger partial charge in [0.2, 0.25) is 5.79 Å². The van der Waals surface area contributed by atoms with Gasteiger partial charge in [-0.1, -0.05) is 22.5 Å². The minimum atomic E-state index is -0.574. The van der Waals surface area contributed by atoms with Crippen molar-refractivity contribution in [2.45, 2.75) is 32.7 Å². The minimum absolute atomic E-state index is 0.143. The zero-order valence-electron chi connectivity index (χ0n) is 7.26. The zero-order valence-corrected chi connectivity index (χ0v) is 8.85. The first-order chi connectivity index (χ1) is 5.02. The molecule has 1 atom stereocenters. The Labute approximate surface area is 76.7 Å². The van der Waals surface area contributed by atoms with Gasteiger partial charge in [-0.05, 0) is 6.92 Å². The summed E-state index contributed by atoms with van der Waals surface area (Å²) in [5, 5.41) is 0.803. The summed E-state index contributed by atoms with van der Waals surface area (Å²) in [5.74, 6) is -0.574. The Morgan fingerprint density at radius 3 is 2.55 bits per heavy atom. The average molecular weight is 223 g/mol. The Balaban J connectivity index is 3.79. The van der Waals surface area contributed by atoms with Crippen LogP contribution in [0, 0.1) is 0 Å². The normalized spacial score (nSPS) is 14.2. The van der Waals surface area contributed by atoms with E-state index in [1.807, 2.05) is 20.8 Å². The SMILES string of the molecule is C=COC(C)(C)OC(C)CBr. The Morgan fingerprint density at radius 1 is 1.64 bits per heavy atom. The van der Waals surface area contributed by atoms with Gasteiger partial charge >= 0.3 is 0 Å². The van der Waals surface area contributed by atoms with Gasteiger partial charge in [0.05, 0.1) is 12.4 Å². The maximum absolute atomic E-state index is 5.49. The molecule has 0 aromatic rings. The minimum Gasteiger partial charge on any atom is -0.471 e. The smallest absolute Gasteiger partial charge is 0.204 e. The molecule has 0 aromatic carbocycles. The molecule has 0 aromatic heterocycles. The maximum atomic E-state index is 5.49. The van der Waals surface area contributed by atoms with E-state index >= 15 is 0 Å². The van der Waals surface area contributed by atoms with Crippen molar-refractivity contribution in [3.05, 3.63) is 12.8 Å². The van der Waals surface area contributed by atoms with Crippen molar-refractivity contribution >= 4 is 15.9 Å². The predicted octanol–water partition coefficient (Wildman–Crippen LogP) is 2.68. The lowest BCUT2D eigenvalue weighted by Gasteiger charge is -2.27. The lowest BCUT2D eigenvalue weighted by atomic mass is 10.3. The second kappa shape index (κ2) is 4.78. The first-order valence-electron chi connectivity index (χ1n) is 3.54. The van der Waals surface area contributed by atoms with Gasteiger partial charge in [0.1, 0.15) is 0 Å². The highest BCUT2D eigenvalue weighted by Crippen LogP contribution is 2.14. The van der Waals surface area contributed by atoms with E-state index in [1.165, 1.54) is 6.26 Å². The van der Waals surface area contributed by atoms with Crippen molar-refractivity contribution in [3.63, 3.8) is 0 Å². The molecule has 0 amide bonds. The zero-order chi connectivity index (χ0) is 8.91. The van der Waals surface area contributed by atoms with Gasteiger partial charge < -0.3 is 9.47 Å². The van der Waals surface area contributed by atoms with Gasteiger partial charge in [0.25, 0.3) is 0 Å². The molecule has 0 aliphatic heterocycles. The Hall–Kier alpha value is -0.0200. The van der Waals surface area contributed by atoms with Crippen LogP contribution in [0.5, 0.6) is 0 Å². The van der Waals surface area contributed by atoms with Gasteiger partial charge in [-0.15, -0.1) is 0 Å². The quantitative estimate of drug-likeness (QED) is 0.405. The fourth-order valence-corrected chi connectivity index (χ4v) is 0.877. The summed E-state index contributed by atoms with van der Waals surface area (Å²) in [6, 6.07) is 0. The molecule has 0 spiro atoms. The van der Waals surface area contributed by atoms with Crippen molar-refractivity contribution < 1.29 is 9.47 Å². The van der Waals surface area contributed by atoms with E-state index in [0.717, 1.165) is 5.33 Å². The van der Waals surface area contributed by atoms with Crippen molar-refractivity contribution in [1.82, 2.24) is 0 Å². The first-order valence-corrected chi connectivity index (χ1v) is 4.66. The van der Waals surface area contributed by atoms with E-state index in [9.17, 15) is 0 Å². The van der Waals surface area contributed by atoms with E-state index in [1.54, 1.807) is 0 Å². The third-order valence-corrected chi connectivity index (χ3v) is 1.98. The van der Waals surface area contributed by atoms with Crippen LogP contribution >= 0.6 is 15.9 Å². The largest absolute Gasteiger partial charge is 0.471 e. The van der Waals surface area contributed by atoms with Crippen molar-refractivity contribution in [3.8, 4) is 0 Å². The van der Waals surface area contributed by atoms with Gasteiger partial charge in [-0.25, -0.2) is 0 Å². The highest BCUT2D eigenvalue weighted by Gasteiger charge is 2.20. The molecule has 0 aliphatic carbocycles. The predicted molar refractivity (Wildman–Crippen MR) is 49.7 cm³/mol. The number of ether oxygens (including phenoxy) is 2. The number of halogens is 1. The topological polar surface area (TPSA) is 18.5 Å². The van der Waals surface area contributed by atoms with Crippen LogP contribution in [-0.4, -0.2) is 17.2 Å². The number of hydrogen-bond acceptors (Lipinski definition) is 2. The van der Waals surface area contributed by atoms with Crippen LogP contribution in [0.2, 0.25) is 0 Å². The molecule has 1 unspecified atom stereocenters. The highest BCUT2D eigenvalue weighted by atomic mass is 79.9. The van der Waals surface area contributed by atoms with Crippen molar-refractivity contribution in [1.29, 1.82) is 0 Å². The van der Waals surface area contributed by atoms with Gasteiger partial charge in [0.15, 0.2) is 0 Å². The van der Waals surface area contributed by atoms with Crippen molar-refractivity contribution in [2.75, 3.05) is 5.33 Å². The van der Waals surface area contributed by atoms with E-state index in [-0.39, 0.29) is 6.10 Å². The molecule has 3 heteroatoms. The van der Waals surface area contributed by atoms with Gasteiger partial charge in [-0.2, -0.15) is 0 Å². The van der Waals surface area contributed by atoms with Crippen LogP contribution in [0.25, 0.3) is 0 Å². The molecule has 0 aliphatic rings. The summed E-state index contributed by atoms with van der Waals surface area (Å²) in [7, 11) is 0. The fraction of sp³-hybridized carbons (Fsp3) is 0.750. The van der Waals surface area contributed by atoms with E-state index in [2.05, 4.69) is 22.5 Å². The molecule has 0 saturated heterocycles. The van der Waals surface area contributed by atoms with E-state index in [0.29, 0.717) is 0 Å². The molecule has 0 fully saturated rings. The van der Waals surface area contributed by atoms with Gasteiger partial charge in [-0.3, -0.25) is 0 Å². The molecule has 0 bridgehead atoms. The van der Waals surface area contributed by atoms with Crippen LogP contribution in [0.15, 0.2) is 12.8 Å². The van der Waals surface area contributed by atoms with Crippen LogP contribution in [0.4, 0.5) is 0 Å². The second-order valence-corrected chi connectivity index (χ2v) is 3.41. The summed E-state index contributed by atoms with van der Waals surface area (Å²) in [5.41, 5.74) is 0. The summed E-state index contributed by atoms with van der Waals surface area (Å²) in [6.07, 6.45) is 1.53. The monoisotopic (exact) mass is 222 g/mol. The van der Waals surface area contributed by atoms with Crippen molar-refractivity contribution in [2.24, 2.45) is 0 Å². The number of hydrogen-bond donors (Lipinski definition) is 0. The molecular formula is C8H15BrO2. The summed E-state index contributed by atoms with van der Waals surface area (Å²) < 4.78 is 10.6. The summed E-state index contributed by atoms with van der Waals surface area (Å²) >= 11 is 3.31. The second-order valence-electron chi connectivity index (χ2n) is 2.77. The molecule has 0 radical (unpaired) electrons. The molecule has 0 saturated carbocycles. The van der Waals surface area contributed by atoms with Crippen LogP contribution in [-0.2, 0) is 9.47 Å². The molecule has 2 nitrogen and oxygen atoms in total. The number of rotatable bonds is 5. The molecule has 11 heavy (non-hydrogen) atoms. The summed E-state index contributed by atoms with van der Waals surface area (Å²) in [4.78, 5) is 0. The van der Waals surface area contributed by atoms with Crippen LogP contribution in [0.3, 0.4) is 0 Å². The highest BCUT2D eigenvalue weighted by molar-refractivity contribution is 9.09. The standard InChI is InChI=1S/C8H15BrO2/c1-5-10-8(3,4)11-7(2)6-9/h5,7H,1,6H2,2-4H3. The molecule has 0 rings (SSSR count).